The average Bonchev–Trinajstić information content (AvgIpc) is 2.01. The van der Waals surface area contributed by atoms with Crippen molar-refractivity contribution in [2.45, 2.75) is 0 Å². The molecule has 0 aromatic heterocycles. The Labute approximate surface area is 86.3 Å². The largest absolute Gasteiger partial charge is 0.492 e. The number of para-hydroxylation sites is 1. The summed E-state index contributed by atoms with van der Waals surface area (Å²) in [6.07, 6.45) is 6.45. The third kappa shape index (κ3) is 2.73. The molecule has 0 aliphatic carbocycles. The van der Waals surface area contributed by atoms with E-state index >= 15 is 0 Å². The molecule has 0 saturated carbocycles. The molecule has 1 rings (SSSR count). The molecule has 0 amide bonds. The first kappa shape index (κ1) is 11.0. The van der Waals surface area contributed by atoms with Gasteiger partial charge in [0, 0.05) is 0 Å². The van der Waals surface area contributed by atoms with Crippen molar-refractivity contribution in [2.24, 2.45) is 4.36 Å². The molecular formula is C10H18N2OS. The maximum absolute atomic E-state index is 5.78. The molecule has 0 bridgehead atoms. The highest BCUT2D eigenvalue weighted by Crippen LogP contribution is 2.34. The zero-order valence-electron chi connectivity index (χ0n) is 9.11. The van der Waals surface area contributed by atoms with Crippen LogP contribution in [0.25, 0.3) is 0 Å². The lowest BCUT2D eigenvalue weighted by atomic mass is 10.2. The lowest BCUT2D eigenvalue weighted by Gasteiger charge is -2.14. The van der Waals surface area contributed by atoms with Crippen LogP contribution in [0, 0.1) is 0 Å². The van der Waals surface area contributed by atoms with Gasteiger partial charge in [-0.25, -0.2) is 4.36 Å². The molecule has 1 aromatic rings. The number of nitrogens with two attached hydrogens (primary N) is 1. The summed E-state index contributed by atoms with van der Waals surface area (Å²) in [5.74, 6) is 0.683. The van der Waals surface area contributed by atoms with Crippen molar-refractivity contribution in [3.8, 4) is 5.75 Å². The van der Waals surface area contributed by atoms with E-state index in [1.807, 2.05) is 18.2 Å². The van der Waals surface area contributed by atoms with E-state index in [0.29, 0.717) is 11.4 Å². The fourth-order valence-corrected chi connectivity index (χ4v) is 1.97. The quantitative estimate of drug-likeness (QED) is 0.583. The minimum atomic E-state index is -1.21. The Hall–Kier alpha value is -1.03. The van der Waals surface area contributed by atoms with E-state index in [1.165, 1.54) is 0 Å². The van der Waals surface area contributed by atoms with Gasteiger partial charge in [0.15, 0.2) is 5.75 Å². The number of hydrogen-bond donors (Lipinski definition) is 2. The van der Waals surface area contributed by atoms with Crippen LogP contribution in [0.1, 0.15) is 0 Å². The molecule has 0 atom stereocenters. The number of methoxy groups -OCH3 is 1. The highest BCUT2D eigenvalue weighted by Gasteiger charge is 2.05. The Bertz CT molecular complexity index is 373. The van der Waals surface area contributed by atoms with E-state index in [0.717, 1.165) is 5.69 Å². The lowest BCUT2D eigenvalue weighted by Crippen LogP contribution is -2.01. The van der Waals surface area contributed by atoms with Gasteiger partial charge in [0.25, 0.3) is 0 Å². The molecule has 14 heavy (non-hydrogen) atoms. The first-order valence-corrected chi connectivity index (χ1v) is 7.49. The average molecular weight is 214 g/mol. The van der Waals surface area contributed by atoms with Gasteiger partial charge in [-0.15, -0.1) is 0 Å². The van der Waals surface area contributed by atoms with E-state index in [9.17, 15) is 0 Å². The summed E-state index contributed by atoms with van der Waals surface area (Å²) in [7, 11) is 0.409. The molecule has 0 unspecified atom stereocenters. The summed E-state index contributed by atoms with van der Waals surface area (Å²) in [5, 5.41) is 0. The fourth-order valence-electron chi connectivity index (χ4n) is 1.17. The zero-order chi connectivity index (χ0) is 10.8. The predicted molar refractivity (Wildman–Crippen MR) is 66.0 cm³/mol. The molecule has 2 N–H and O–H groups in total. The second kappa shape index (κ2) is 4.00. The molecule has 0 spiro atoms. The van der Waals surface area contributed by atoms with Crippen LogP contribution in [0.2, 0.25) is 0 Å². The summed E-state index contributed by atoms with van der Waals surface area (Å²) in [5.41, 5.74) is 7.27. The number of ether oxygens (including phenoxy) is 1. The molecule has 0 saturated heterocycles. The summed E-state index contributed by atoms with van der Waals surface area (Å²) in [6.45, 7) is 0. The Morgan fingerprint density at radius 2 is 1.93 bits per heavy atom. The van der Waals surface area contributed by atoms with Crippen LogP contribution < -0.4 is 10.5 Å². The van der Waals surface area contributed by atoms with Gasteiger partial charge in [0.1, 0.15) is 5.69 Å². The third-order valence-electron chi connectivity index (χ3n) is 1.64. The molecule has 1 aromatic carbocycles. The van der Waals surface area contributed by atoms with Gasteiger partial charge in [-0.1, -0.05) is 6.07 Å². The van der Waals surface area contributed by atoms with Crippen molar-refractivity contribution in [1.82, 2.24) is 0 Å². The lowest BCUT2D eigenvalue weighted by molar-refractivity contribution is 0.418. The topological polar surface area (TPSA) is 47.6 Å². The van der Waals surface area contributed by atoms with Crippen molar-refractivity contribution in [3.05, 3.63) is 18.2 Å². The second-order valence-corrected chi connectivity index (χ2v) is 8.02. The highest BCUT2D eigenvalue weighted by atomic mass is 32.2. The van der Waals surface area contributed by atoms with Crippen LogP contribution in [-0.2, 0) is 9.82 Å². The van der Waals surface area contributed by atoms with Crippen molar-refractivity contribution in [3.63, 3.8) is 0 Å². The van der Waals surface area contributed by atoms with E-state index in [1.54, 1.807) is 7.11 Å². The summed E-state index contributed by atoms with van der Waals surface area (Å²) in [6, 6.07) is 5.64. The third-order valence-corrected chi connectivity index (χ3v) is 2.45. The maximum Gasteiger partial charge on any atom is 0.167 e. The van der Waals surface area contributed by atoms with E-state index < -0.39 is 9.82 Å². The molecule has 3 nitrogen and oxygen atoms in total. The minimum Gasteiger partial charge on any atom is -0.492 e. The number of thiol groups is 1. The molecule has 0 heterocycles. The Balaban J connectivity index is 3.29. The van der Waals surface area contributed by atoms with Crippen molar-refractivity contribution in [2.75, 3.05) is 31.6 Å². The SMILES string of the molecule is COc1c(N)cccc1N=[SH](C)(C)C. The van der Waals surface area contributed by atoms with Crippen LogP contribution in [0.4, 0.5) is 11.4 Å². The van der Waals surface area contributed by atoms with Crippen LogP contribution >= 0.6 is 0 Å². The molecule has 0 aliphatic heterocycles. The second-order valence-electron chi connectivity index (χ2n) is 3.94. The van der Waals surface area contributed by atoms with Gasteiger partial charge in [-0.05, 0) is 30.9 Å². The van der Waals surface area contributed by atoms with E-state index in [2.05, 4.69) is 23.1 Å². The van der Waals surface area contributed by atoms with Crippen LogP contribution in [0.3, 0.4) is 0 Å². The predicted octanol–water partition coefficient (Wildman–Crippen LogP) is 1.87. The van der Waals surface area contributed by atoms with E-state index in [4.69, 9.17) is 10.5 Å². The summed E-state index contributed by atoms with van der Waals surface area (Å²) < 4.78 is 9.85. The van der Waals surface area contributed by atoms with Crippen LogP contribution in [-0.4, -0.2) is 25.9 Å². The number of nitrogens with zero attached hydrogens (tertiary/aromatic N) is 1. The Morgan fingerprint density at radius 1 is 1.29 bits per heavy atom. The normalized spacial score (nSPS) is 12.3. The van der Waals surface area contributed by atoms with Gasteiger partial charge in [0.2, 0.25) is 0 Å². The zero-order valence-corrected chi connectivity index (χ0v) is 10.0. The van der Waals surface area contributed by atoms with Crippen molar-refractivity contribution in [1.29, 1.82) is 0 Å². The summed E-state index contributed by atoms with van der Waals surface area (Å²) >= 11 is 0. The monoisotopic (exact) mass is 214 g/mol. The minimum absolute atomic E-state index is 0.641. The highest BCUT2D eigenvalue weighted by molar-refractivity contribution is 8.03. The van der Waals surface area contributed by atoms with Crippen LogP contribution in [0.5, 0.6) is 5.75 Å². The van der Waals surface area contributed by atoms with E-state index in [-0.39, 0.29) is 0 Å². The van der Waals surface area contributed by atoms with Crippen molar-refractivity contribution < 1.29 is 4.74 Å². The maximum atomic E-state index is 5.78. The molecule has 0 aliphatic rings. The molecule has 0 fully saturated rings. The Morgan fingerprint density at radius 3 is 2.43 bits per heavy atom. The number of nitrogen functional groups attached to an aromatic ring is 1. The smallest absolute Gasteiger partial charge is 0.167 e. The summed E-state index contributed by atoms with van der Waals surface area (Å²) in [4.78, 5) is 0. The van der Waals surface area contributed by atoms with Gasteiger partial charge in [0.05, 0.1) is 12.8 Å². The number of hydrogen-bond acceptors (Lipinski definition) is 3. The van der Waals surface area contributed by atoms with Gasteiger partial charge >= 0.3 is 0 Å². The fraction of sp³-hybridized carbons (Fsp3) is 0.400. The van der Waals surface area contributed by atoms with Gasteiger partial charge in [-0.2, -0.15) is 9.82 Å². The molecule has 80 valence electrons. The first-order valence-electron chi connectivity index (χ1n) is 4.41. The van der Waals surface area contributed by atoms with Crippen molar-refractivity contribution >= 4 is 21.2 Å². The molecule has 0 radical (unpaired) electrons. The van der Waals surface area contributed by atoms with Crippen LogP contribution in [0.15, 0.2) is 22.6 Å². The number of rotatable bonds is 2. The standard InChI is InChI=1S/C10H18N2OS/c1-13-10-8(11)6-5-7-9(10)12-14(2,3)4/h5-7,14H,11H2,1-4H3. The Kier molecular flexibility index (Phi) is 3.16. The van der Waals surface area contributed by atoms with Gasteiger partial charge in [-0.3, -0.25) is 0 Å². The number of anilines is 1. The molecular weight excluding hydrogens is 196 g/mol. The van der Waals surface area contributed by atoms with Gasteiger partial charge < -0.3 is 10.5 Å². The first-order chi connectivity index (χ1) is 6.44. The number of benzene rings is 1. The molecule has 4 heteroatoms.